The van der Waals surface area contributed by atoms with Crippen molar-refractivity contribution in [1.29, 1.82) is 0 Å². The topological polar surface area (TPSA) is 328 Å². The third-order valence-corrected chi connectivity index (χ3v) is 8.50. The molecule has 15 atom stereocenters. The van der Waals surface area contributed by atoms with Crippen LogP contribution in [0.5, 0.6) is 0 Å². The van der Waals surface area contributed by atoms with Crippen LogP contribution in [-0.4, -0.2) is 215 Å². The average molecular weight is 720 g/mol. The van der Waals surface area contributed by atoms with Gasteiger partial charge in [0.05, 0.1) is 19.8 Å². The lowest BCUT2D eigenvalue weighted by atomic mass is 9.95. The van der Waals surface area contributed by atoms with Gasteiger partial charge < -0.3 is 99.2 Å². The average Bonchev–Trinajstić information content (AvgIpc) is 3.08. The molecule has 4 rings (SSSR count). The fourth-order valence-corrected chi connectivity index (χ4v) is 5.83. The first-order chi connectivity index (χ1) is 23.4. The Hall–Kier alpha value is -2.10. The van der Waals surface area contributed by atoms with Gasteiger partial charge in [-0.2, -0.15) is 0 Å². The SMILES string of the molecule is O=C1NCCCNC(=O)OCC[O+]([C@H]2[C@H](O[C@H]3[C@H](O)[C@@H](O)[C@H](O)O[C@@H]3CO)O[C@H](CO)[C@H](O[C@H]3O[C@H](CO)[C@H](O)[C@H](O)[C@H]3O)[C@@H]2O)CCO1. The van der Waals surface area contributed by atoms with E-state index in [9.17, 15) is 60.7 Å². The summed E-state index contributed by atoms with van der Waals surface area (Å²) in [5.74, 6) is 0. The summed E-state index contributed by atoms with van der Waals surface area (Å²) in [7, 11) is 0. The zero-order chi connectivity index (χ0) is 35.8. The highest BCUT2D eigenvalue weighted by atomic mass is 16.8. The van der Waals surface area contributed by atoms with Gasteiger partial charge in [0.2, 0.25) is 12.4 Å². The molecule has 12 N–H and O–H groups in total. The van der Waals surface area contributed by atoms with Gasteiger partial charge in [0.15, 0.2) is 45.1 Å². The van der Waals surface area contributed by atoms with Gasteiger partial charge in [0.1, 0.15) is 61.0 Å². The van der Waals surface area contributed by atoms with Crippen LogP contribution in [0.2, 0.25) is 0 Å². The molecule has 4 fully saturated rings. The van der Waals surface area contributed by atoms with Crippen molar-refractivity contribution >= 4 is 12.2 Å². The molecule has 22 heteroatoms. The van der Waals surface area contributed by atoms with E-state index in [4.69, 9.17) is 33.2 Å². The molecule has 4 heterocycles. The lowest BCUT2D eigenvalue weighted by Gasteiger charge is -2.49. The van der Waals surface area contributed by atoms with Crippen LogP contribution in [0.25, 0.3) is 0 Å². The molecule has 22 nitrogen and oxygen atoms in total. The Labute approximate surface area is 279 Å². The Balaban J connectivity index is 1.66. The van der Waals surface area contributed by atoms with Crippen LogP contribution in [0.1, 0.15) is 6.42 Å². The number of aliphatic hydroxyl groups excluding tert-OH is 10. The summed E-state index contributed by atoms with van der Waals surface area (Å²) in [6, 6.07) is 0. The molecule has 0 spiro atoms. The fourth-order valence-electron chi connectivity index (χ4n) is 5.83. The molecule has 0 aliphatic carbocycles. The number of amides is 2. The molecule has 0 aromatic heterocycles. The van der Waals surface area contributed by atoms with Crippen molar-refractivity contribution in [2.75, 3.05) is 59.3 Å². The van der Waals surface area contributed by atoms with E-state index in [2.05, 4.69) is 15.0 Å². The van der Waals surface area contributed by atoms with Crippen LogP contribution in [0.3, 0.4) is 0 Å². The second kappa shape index (κ2) is 18.4. The number of nitrogens with one attached hydrogen (secondary N) is 2. The maximum atomic E-state index is 12.2. The van der Waals surface area contributed by atoms with Crippen molar-refractivity contribution in [2.24, 2.45) is 0 Å². The molecule has 49 heavy (non-hydrogen) atoms. The molecule has 4 aliphatic rings. The lowest BCUT2D eigenvalue weighted by molar-refractivity contribution is -0.407. The number of hydrogen-bond acceptors (Lipinski definition) is 19. The molecule has 4 saturated heterocycles. The smallest absolute Gasteiger partial charge is 0.407 e. The van der Waals surface area contributed by atoms with Crippen LogP contribution in [0.4, 0.5) is 9.59 Å². The summed E-state index contributed by atoms with van der Waals surface area (Å²) in [5.41, 5.74) is 0. The van der Waals surface area contributed by atoms with Crippen LogP contribution < -0.4 is 10.6 Å². The van der Waals surface area contributed by atoms with E-state index in [-0.39, 0.29) is 39.5 Å². The van der Waals surface area contributed by atoms with Crippen molar-refractivity contribution in [3.63, 3.8) is 0 Å². The highest BCUT2D eigenvalue weighted by molar-refractivity contribution is 5.67. The number of cyclic esters (lactones) is 2. The number of aliphatic hydroxyl groups is 10. The molecule has 0 unspecified atom stereocenters. The van der Waals surface area contributed by atoms with Gasteiger partial charge in [-0.25, -0.2) is 9.59 Å². The van der Waals surface area contributed by atoms with Crippen molar-refractivity contribution in [2.45, 2.75) is 98.5 Å². The Kier molecular flexibility index (Phi) is 14.9. The maximum absolute atomic E-state index is 12.2. The Morgan fingerprint density at radius 1 is 0.612 bits per heavy atom. The van der Waals surface area contributed by atoms with E-state index >= 15 is 0 Å². The van der Waals surface area contributed by atoms with E-state index in [0.29, 0.717) is 6.42 Å². The van der Waals surface area contributed by atoms with Gasteiger partial charge >= 0.3 is 12.2 Å². The summed E-state index contributed by atoms with van der Waals surface area (Å²) >= 11 is 0. The first-order valence-electron chi connectivity index (χ1n) is 15.8. The minimum absolute atomic E-state index is 0.166. The van der Waals surface area contributed by atoms with E-state index in [1.165, 1.54) is 0 Å². The first kappa shape index (κ1) is 39.7. The molecule has 2 amide bonds. The third-order valence-electron chi connectivity index (χ3n) is 8.50. The molecule has 4 aliphatic heterocycles. The van der Waals surface area contributed by atoms with Crippen LogP contribution >= 0.6 is 0 Å². The van der Waals surface area contributed by atoms with Gasteiger partial charge in [0, 0.05) is 13.1 Å². The molecule has 284 valence electrons. The second-order valence-corrected chi connectivity index (χ2v) is 11.7. The molecule has 0 bridgehead atoms. The van der Waals surface area contributed by atoms with Crippen LogP contribution in [0.15, 0.2) is 0 Å². The number of carbonyl (C=O) groups excluding carboxylic acids is 2. The summed E-state index contributed by atoms with van der Waals surface area (Å²) in [6.07, 6.45) is -26.9. The largest absolute Gasteiger partial charge is 0.441 e. The third kappa shape index (κ3) is 9.62. The Morgan fingerprint density at radius 3 is 1.69 bits per heavy atom. The predicted octanol–water partition coefficient (Wildman–Crippen LogP) is -7.16. The normalized spacial score (nSPS) is 43.8. The van der Waals surface area contributed by atoms with E-state index < -0.39 is 124 Å². The molecule has 0 aromatic carbocycles. The quantitative estimate of drug-likeness (QED) is 0.104. The summed E-state index contributed by atoms with van der Waals surface area (Å²) in [5, 5.41) is 109. The van der Waals surface area contributed by atoms with Gasteiger partial charge in [-0.15, -0.1) is 0 Å². The summed E-state index contributed by atoms with van der Waals surface area (Å²) < 4.78 is 41.3. The van der Waals surface area contributed by atoms with E-state index in [0.717, 1.165) is 0 Å². The van der Waals surface area contributed by atoms with Crippen molar-refractivity contribution < 1.29 is 98.2 Å². The predicted molar refractivity (Wildman–Crippen MR) is 153 cm³/mol. The Bertz CT molecular complexity index is 1020. The van der Waals surface area contributed by atoms with Gasteiger partial charge in [0.25, 0.3) is 0 Å². The molecule has 0 aromatic rings. The molecular weight excluding hydrogens is 672 g/mol. The van der Waals surface area contributed by atoms with Gasteiger partial charge in [-0.05, 0) is 6.42 Å². The first-order valence-corrected chi connectivity index (χ1v) is 15.8. The number of carbonyl (C=O) groups is 2. The zero-order valence-corrected chi connectivity index (χ0v) is 26.3. The maximum Gasteiger partial charge on any atom is 0.407 e. The molecule has 0 radical (unpaired) electrons. The minimum Gasteiger partial charge on any atom is -0.441 e. The minimum atomic E-state index is -1.91. The van der Waals surface area contributed by atoms with Crippen molar-refractivity contribution in [1.82, 2.24) is 10.6 Å². The highest BCUT2D eigenvalue weighted by Gasteiger charge is 2.57. The number of ether oxygens (including phenoxy) is 7. The zero-order valence-electron chi connectivity index (χ0n) is 26.3. The standard InChI is InChI=1S/C27H46N2O20/c30-8-11-14(33)15(34)18(37)24(45-11)47-21-13(10-32)46-25(48-20-12(9-31)44-23(39)17(36)16(20)35)22(19(21)38)49-6-4-42-26(40)28-2-1-3-29-27(41)43-5-7-49/h11-25,30-39H,1-10H2,(H-,28,29,40,41)/p+1/t11-,12-,13-,14+,15+,16-,17-,18-,19+,20-,21+,22-,23-,24-,25+/m1/s1. The summed E-state index contributed by atoms with van der Waals surface area (Å²) in [4.78, 5) is 24.4. The molecule has 0 saturated carbocycles. The summed E-state index contributed by atoms with van der Waals surface area (Å²) in [6.45, 7) is -3.36. The van der Waals surface area contributed by atoms with Gasteiger partial charge in [-0.1, -0.05) is 0 Å². The molecular formula is C27H47N2O20+. The monoisotopic (exact) mass is 719 g/mol. The fraction of sp³-hybridized carbons (Fsp3) is 0.926. The number of hydrogen-bond donors (Lipinski definition) is 12. The van der Waals surface area contributed by atoms with Crippen molar-refractivity contribution in [3.8, 4) is 0 Å². The van der Waals surface area contributed by atoms with Crippen LogP contribution in [0, 0.1) is 0 Å². The number of alkyl carbamates (subject to hydrolysis) is 2. The second-order valence-electron chi connectivity index (χ2n) is 11.7. The van der Waals surface area contributed by atoms with E-state index in [1.807, 2.05) is 0 Å². The Morgan fingerprint density at radius 2 is 1.12 bits per heavy atom. The van der Waals surface area contributed by atoms with Crippen LogP contribution in [-0.2, 0) is 37.5 Å². The number of rotatable bonds is 8. The van der Waals surface area contributed by atoms with Gasteiger partial charge in [-0.3, -0.25) is 0 Å². The highest BCUT2D eigenvalue weighted by Crippen LogP contribution is 2.35. The lowest BCUT2D eigenvalue weighted by Crippen LogP contribution is -2.68. The van der Waals surface area contributed by atoms with Crippen molar-refractivity contribution in [3.05, 3.63) is 0 Å². The van der Waals surface area contributed by atoms with E-state index in [1.54, 1.807) is 0 Å².